The van der Waals surface area contributed by atoms with Gasteiger partial charge in [-0.05, 0) is 17.7 Å². The van der Waals surface area contributed by atoms with E-state index in [4.69, 9.17) is 9.47 Å². The Morgan fingerprint density at radius 2 is 2.29 bits per heavy atom. The molecule has 2 aliphatic rings. The highest BCUT2D eigenvalue weighted by Gasteiger charge is 2.40. The van der Waals surface area contributed by atoms with Crippen LogP contribution in [-0.2, 0) is 14.3 Å². The fourth-order valence-electron chi connectivity index (χ4n) is 2.09. The lowest BCUT2D eigenvalue weighted by Gasteiger charge is -2.20. The van der Waals surface area contributed by atoms with Gasteiger partial charge in [-0.2, -0.15) is 0 Å². The Balaban J connectivity index is 2.02. The van der Waals surface area contributed by atoms with Gasteiger partial charge >= 0.3 is 5.97 Å². The van der Waals surface area contributed by atoms with E-state index in [9.17, 15) is 4.79 Å². The van der Waals surface area contributed by atoms with Crippen LogP contribution in [0.15, 0.2) is 35.5 Å². The van der Waals surface area contributed by atoms with Crippen molar-refractivity contribution in [2.45, 2.75) is 10.9 Å². The Morgan fingerprint density at radius 3 is 3.06 bits per heavy atom. The Labute approximate surface area is 107 Å². The molecule has 0 fully saturated rings. The number of alkyl halides is 1. The molecule has 0 saturated carbocycles. The molecule has 0 amide bonds. The summed E-state index contributed by atoms with van der Waals surface area (Å²) in [5, 5.41) is 0. The van der Waals surface area contributed by atoms with Crippen LogP contribution >= 0.6 is 15.9 Å². The van der Waals surface area contributed by atoms with Crippen LogP contribution in [0.2, 0.25) is 0 Å². The maximum Gasteiger partial charge on any atom is 0.337 e. The molecule has 0 spiro atoms. The predicted octanol–water partition coefficient (Wildman–Crippen LogP) is 1.77. The number of rotatable bonds is 1. The molecule has 17 heavy (non-hydrogen) atoms. The normalized spacial score (nSPS) is 27.9. The number of hydrogen-bond donors (Lipinski definition) is 0. The molecular formula is C12H10BrNO3. The Morgan fingerprint density at radius 1 is 1.41 bits per heavy atom. The van der Waals surface area contributed by atoms with Gasteiger partial charge in [-0.3, -0.25) is 4.98 Å². The summed E-state index contributed by atoms with van der Waals surface area (Å²) in [6.45, 7) is 0.831. The molecule has 2 atom stereocenters. The van der Waals surface area contributed by atoms with Gasteiger partial charge in [0, 0.05) is 6.20 Å². The van der Waals surface area contributed by atoms with Crippen molar-refractivity contribution in [3.63, 3.8) is 0 Å². The minimum Gasteiger partial charge on any atom is -0.461 e. The second-order valence-corrected chi connectivity index (χ2v) is 5.06. The van der Waals surface area contributed by atoms with Gasteiger partial charge in [0.05, 0.1) is 22.7 Å². The van der Waals surface area contributed by atoms with E-state index < -0.39 is 0 Å². The summed E-state index contributed by atoms with van der Waals surface area (Å²) in [6, 6.07) is 5.57. The molecule has 0 aromatic carbocycles. The Hall–Kier alpha value is -1.20. The van der Waals surface area contributed by atoms with Crippen molar-refractivity contribution in [3.05, 3.63) is 41.2 Å². The number of halogens is 1. The summed E-state index contributed by atoms with van der Waals surface area (Å²) >= 11 is 3.49. The second-order valence-electron chi connectivity index (χ2n) is 3.95. The van der Waals surface area contributed by atoms with Crippen molar-refractivity contribution in [2.24, 2.45) is 0 Å². The number of pyridine rings is 1. The first-order valence-electron chi connectivity index (χ1n) is 5.34. The van der Waals surface area contributed by atoms with Gasteiger partial charge in [0.1, 0.15) is 12.7 Å². The maximum absolute atomic E-state index is 11.8. The molecular weight excluding hydrogens is 286 g/mol. The van der Waals surface area contributed by atoms with E-state index >= 15 is 0 Å². The SMILES string of the molecule is O=C1OCC(Br)C2=C1C(c1ccccn1)OC2. The van der Waals surface area contributed by atoms with Gasteiger partial charge < -0.3 is 9.47 Å². The molecule has 2 unspecified atom stereocenters. The largest absolute Gasteiger partial charge is 0.461 e. The molecule has 2 aliphatic heterocycles. The Kier molecular flexibility index (Phi) is 2.72. The van der Waals surface area contributed by atoms with Gasteiger partial charge in [-0.1, -0.05) is 22.0 Å². The van der Waals surface area contributed by atoms with Crippen LogP contribution in [-0.4, -0.2) is 29.0 Å². The topological polar surface area (TPSA) is 48.4 Å². The third kappa shape index (κ3) is 1.79. The third-order valence-corrected chi connectivity index (χ3v) is 3.75. The molecule has 5 heteroatoms. The van der Waals surface area contributed by atoms with Crippen molar-refractivity contribution in [2.75, 3.05) is 13.2 Å². The summed E-state index contributed by atoms with van der Waals surface area (Å²) in [4.78, 5) is 16.1. The van der Waals surface area contributed by atoms with Crippen LogP contribution in [0, 0.1) is 0 Å². The molecule has 1 aromatic rings. The highest BCUT2D eigenvalue weighted by Crippen LogP contribution is 2.39. The maximum atomic E-state index is 11.8. The number of ether oxygens (including phenoxy) is 2. The van der Waals surface area contributed by atoms with Crippen molar-refractivity contribution in [1.82, 2.24) is 4.98 Å². The summed E-state index contributed by atoms with van der Waals surface area (Å²) in [5.41, 5.74) is 2.34. The quantitative estimate of drug-likeness (QED) is 0.585. The molecule has 0 N–H and O–H groups in total. The molecule has 3 heterocycles. The summed E-state index contributed by atoms with van der Waals surface area (Å²) < 4.78 is 10.8. The number of nitrogens with zero attached hydrogens (tertiary/aromatic N) is 1. The first-order chi connectivity index (χ1) is 8.27. The lowest BCUT2D eigenvalue weighted by molar-refractivity contribution is -0.140. The highest BCUT2D eigenvalue weighted by atomic mass is 79.9. The van der Waals surface area contributed by atoms with Crippen LogP contribution in [0.4, 0.5) is 0 Å². The standard InChI is InChI=1S/C12H10BrNO3/c13-8-6-17-12(15)10-7(8)5-16-11(10)9-3-1-2-4-14-9/h1-4,8,11H,5-6H2. The number of cyclic esters (lactones) is 1. The van der Waals surface area contributed by atoms with Crippen LogP contribution in [0.25, 0.3) is 0 Å². The van der Waals surface area contributed by atoms with Gasteiger partial charge in [-0.25, -0.2) is 4.79 Å². The zero-order chi connectivity index (χ0) is 11.8. The third-order valence-electron chi connectivity index (χ3n) is 2.93. The van der Waals surface area contributed by atoms with Crippen LogP contribution in [0.5, 0.6) is 0 Å². The predicted molar refractivity (Wildman–Crippen MR) is 63.6 cm³/mol. The van der Waals surface area contributed by atoms with Crippen molar-refractivity contribution in [1.29, 1.82) is 0 Å². The molecule has 0 saturated heterocycles. The van der Waals surface area contributed by atoms with E-state index in [1.54, 1.807) is 6.20 Å². The van der Waals surface area contributed by atoms with Gasteiger partial charge in [0.15, 0.2) is 0 Å². The summed E-state index contributed by atoms with van der Waals surface area (Å²) in [7, 11) is 0. The van der Waals surface area contributed by atoms with Crippen LogP contribution in [0.1, 0.15) is 11.8 Å². The zero-order valence-corrected chi connectivity index (χ0v) is 10.5. The smallest absolute Gasteiger partial charge is 0.337 e. The molecule has 3 rings (SSSR count). The monoisotopic (exact) mass is 295 g/mol. The van der Waals surface area contributed by atoms with Gasteiger partial charge in [0.2, 0.25) is 0 Å². The van der Waals surface area contributed by atoms with Gasteiger partial charge in [-0.15, -0.1) is 0 Å². The molecule has 88 valence electrons. The van der Waals surface area contributed by atoms with E-state index in [1.807, 2.05) is 18.2 Å². The first-order valence-corrected chi connectivity index (χ1v) is 6.25. The van der Waals surface area contributed by atoms with Crippen LogP contribution < -0.4 is 0 Å². The average molecular weight is 296 g/mol. The second kappa shape index (κ2) is 4.23. The first kappa shape index (κ1) is 10.9. The van der Waals surface area contributed by atoms with E-state index in [-0.39, 0.29) is 16.9 Å². The van der Waals surface area contributed by atoms with Crippen LogP contribution in [0.3, 0.4) is 0 Å². The number of carbonyl (C=O) groups excluding carboxylic acids is 1. The summed E-state index contributed by atoms with van der Waals surface area (Å²) in [5.74, 6) is -0.288. The average Bonchev–Trinajstić information content (AvgIpc) is 2.81. The lowest BCUT2D eigenvalue weighted by atomic mass is 9.99. The molecule has 0 radical (unpaired) electrons. The summed E-state index contributed by atoms with van der Waals surface area (Å²) in [6.07, 6.45) is 1.30. The lowest BCUT2D eigenvalue weighted by Crippen LogP contribution is -2.26. The minimum atomic E-state index is -0.390. The molecule has 1 aromatic heterocycles. The van der Waals surface area contributed by atoms with Gasteiger partial charge in [0.25, 0.3) is 0 Å². The van der Waals surface area contributed by atoms with Crippen molar-refractivity contribution in [3.8, 4) is 0 Å². The van der Waals surface area contributed by atoms with E-state index in [0.29, 0.717) is 18.8 Å². The van der Waals surface area contributed by atoms with Crippen molar-refractivity contribution >= 4 is 21.9 Å². The number of hydrogen-bond acceptors (Lipinski definition) is 4. The minimum absolute atomic E-state index is 0.0592. The molecule has 4 nitrogen and oxygen atoms in total. The Bertz CT molecular complexity index is 486. The molecule has 0 bridgehead atoms. The zero-order valence-electron chi connectivity index (χ0n) is 8.93. The number of aromatic nitrogens is 1. The van der Waals surface area contributed by atoms with E-state index in [1.165, 1.54) is 0 Å². The van der Waals surface area contributed by atoms with E-state index in [2.05, 4.69) is 20.9 Å². The number of esters is 1. The number of carbonyl (C=O) groups is 1. The highest BCUT2D eigenvalue weighted by molar-refractivity contribution is 9.09. The molecule has 0 aliphatic carbocycles. The fraction of sp³-hybridized carbons (Fsp3) is 0.333. The van der Waals surface area contributed by atoms with E-state index in [0.717, 1.165) is 11.3 Å². The fourth-order valence-corrected chi connectivity index (χ4v) is 2.60. The van der Waals surface area contributed by atoms with Crippen molar-refractivity contribution < 1.29 is 14.3 Å².